The smallest absolute Gasteiger partial charge is 0.233 e. The molecule has 0 rings (SSSR count). The van der Waals surface area contributed by atoms with E-state index in [1.165, 1.54) is 0 Å². The van der Waals surface area contributed by atoms with E-state index in [1.807, 2.05) is 0 Å². The van der Waals surface area contributed by atoms with Gasteiger partial charge in [-0.1, -0.05) is 0 Å². The van der Waals surface area contributed by atoms with Crippen molar-refractivity contribution in [2.24, 2.45) is 0 Å². The van der Waals surface area contributed by atoms with Gasteiger partial charge in [0.25, 0.3) is 0 Å². The Morgan fingerprint density at radius 1 is 1.64 bits per heavy atom. The molecule has 64 valence electrons. The number of nitrogens with zero attached hydrogens (tertiary/aromatic N) is 1. The summed E-state index contributed by atoms with van der Waals surface area (Å²) in [6.07, 6.45) is 1.33. The predicted octanol–water partition coefficient (Wildman–Crippen LogP) is -0.747. The molecule has 0 radical (unpaired) electrons. The Morgan fingerprint density at radius 3 is 2.73 bits per heavy atom. The topological polar surface area (TPSA) is 49.4 Å². The summed E-state index contributed by atoms with van der Waals surface area (Å²) in [6.45, 7) is 0.987. The average molecular weight is 158 g/mol. The van der Waals surface area contributed by atoms with Gasteiger partial charge >= 0.3 is 0 Å². The molecular weight excluding hydrogens is 144 g/mol. The Hall–Kier alpha value is -0.900. The van der Waals surface area contributed by atoms with Crippen LogP contribution in [0.25, 0.3) is 0 Å². The molecule has 0 aliphatic carbocycles. The highest BCUT2D eigenvalue weighted by Crippen LogP contribution is 1.83. The van der Waals surface area contributed by atoms with Crippen molar-refractivity contribution in [1.29, 1.82) is 0 Å². The van der Waals surface area contributed by atoms with Crippen LogP contribution in [0.1, 0.15) is 6.42 Å². The molecule has 0 atom stereocenters. The van der Waals surface area contributed by atoms with Crippen LogP contribution in [0.4, 0.5) is 0 Å². The number of nitrogens with one attached hydrogen (secondary N) is 1. The van der Waals surface area contributed by atoms with Gasteiger partial charge in [0.05, 0.1) is 6.54 Å². The van der Waals surface area contributed by atoms with Crippen molar-refractivity contribution in [3.63, 3.8) is 0 Å². The molecule has 11 heavy (non-hydrogen) atoms. The molecule has 0 aromatic rings. The third kappa shape index (κ3) is 5.54. The zero-order chi connectivity index (χ0) is 8.69. The molecule has 0 spiro atoms. The maximum absolute atomic E-state index is 10.7. The van der Waals surface area contributed by atoms with Crippen molar-refractivity contribution < 1.29 is 9.59 Å². The van der Waals surface area contributed by atoms with Gasteiger partial charge < -0.3 is 10.1 Å². The number of hydrogen-bond donors (Lipinski definition) is 1. The molecule has 0 aliphatic rings. The Kier molecular flexibility index (Phi) is 5.37. The van der Waals surface area contributed by atoms with Crippen molar-refractivity contribution in [3.05, 3.63) is 0 Å². The Bertz CT molecular complexity index is 136. The average Bonchev–Trinajstić information content (AvgIpc) is 2.00. The summed E-state index contributed by atoms with van der Waals surface area (Å²) in [5.41, 5.74) is 0. The first-order valence-electron chi connectivity index (χ1n) is 3.53. The second kappa shape index (κ2) is 5.85. The fourth-order valence-corrected chi connectivity index (χ4v) is 0.676. The van der Waals surface area contributed by atoms with E-state index in [9.17, 15) is 9.59 Å². The van der Waals surface area contributed by atoms with E-state index in [0.717, 1.165) is 6.29 Å². The zero-order valence-corrected chi connectivity index (χ0v) is 6.96. The van der Waals surface area contributed by atoms with E-state index < -0.39 is 0 Å². The number of amides is 1. The molecule has 0 unspecified atom stereocenters. The number of rotatable bonds is 5. The first kappa shape index (κ1) is 10.1. The summed E-state index contributed by atoms with van der Waals surface area (Å²) < 4.78 is 0. The minimum atomic E-state index is -0.0293. The van der Waals surface area contributed by atoms with Crippen LogP contribution in [-0.2, 0) is 9.59 Å². The SMILES string of the molecule is CNC(=O)CN(C)CCC=O. The summed E-state index contributed by atoms with van der Waals surface area (Å²) in [5.74, 6) is -0.0293. The number of carbonyl (C=O) groups excluding carboxylic acids is 2. The lowest BCUT2D eigenvalue weighted by atomic mass is 10.4. The Morgan fingerprint density at radius 2 is 2.27 bits per heavy atom. The predicted molar refractivity (Wildman–Crippen MR) is 42.2 cm³/mol. The van der Waals surface area contributed by atoms with Crippen molar-refractivity contribution in [2.75, 3.05) is 27.2 Å². The van der Waals surface area contributed by atoms with Crippen LogP contribution in [0.3, 0.4) is 0 Å². The van der Waals surface area contributed by atoms with Crippen LogP contribution >= 0.6 is 0 Å². The number of likely N-dealkylation sites (N-methyl/N-ethyl adjacent to an activating group) is 2. The van der Waals surface area contributed by atoms with Crippen LogP contribution in [0.15, 0.2) is 0 Å². The van der Waals surface area contributed by atoms with E-state index in [0.29, 0.717) is 19.5 Å². The monoisotopic (exact) mass is 158 g/mol. The van der Waals surface area contributed by atoms with Gasteiger partial charge in [-0.05, 0) is 7.05 Å². The summed E-state index contributed by atoms with van der Waals surface area (Å²) in [4.78, 5) is 22.5. The van der Waals surface area contributed by atoms with Crippen LogP contribution in [0.2, 0.25) is 0 Å². The van der Waals surface area contributed by atoms with Gasteiger partial charge in [0, 0.05) is 20.0 Å². The van der Waals surface area contributed by atoms with Gasteiger partial charge in [0.1, 0.15) is 6.29 Å². The summed E-state index contributed by atoms with van der Waals surface area (Å²) in [6, 6.07) is 0. The van der Waals surface area contributed by atoms with Gasteiger partial charge in [0.2, 0.25) is 5.91 Å². The molecule has 0 heterocycles. The van der Waals surface area contributed by atoms with E-state index >= 15 is 0 Å². The Labute approximate surface area is 66.6 Å². The van der Waals surface area contributed by atoms with Crippen LogP contribution in [-0.4, -0.2) is 44.3 Å². The lowest BCUT2D eigenvalue weighted by molar-refractivity contribution is -0.121. The minimum absolute atomic E-state index is 0.0293. The number of carbonyl (C=O) groups is 2. The van der Waals surface area contributed by atoms with Crippen molar-refractivity contribution in [1.82, 2.24) is 10.2 Å². The van der Waals surface area contributed by atoms with Crippen molar-refractivity contribution >= 4 is 12.2 Å². The van der Waals surface area contributed by atoms with E-state index in [-0.39, 0.29) is 5.91 Å². The maximum Gasteiger partial charge on any atom is 0.233 e. The minimum Gasteiger partial charge on any atom is -0.358 e. The molecule has 0 aliphatic heterocycles. The molecular formula is C7H14N2O2. The van der Waals surface area contributed by atoms with Gasteiger partial charge in [-0.25, -0.2) is 0 Å². The Balaban J connectivity index is 3.42. The highest BCUT2D eigenvalue weighted by Gasteiger charge is 2.02. The van der Waals surface area contributed by atoms with Crippen LogP contribution in [0.5, 0.6) is 0 Å². The van der Waals surface area contributed by atoms with Crippen molar-refractivity contribution in [3.8, 4) is 0 Å². The second-order valence-corrected chi connectivity index (χ2v) is 2.37. The molecule has 0 saturated carbocycles. The third-order valence-electron chi connectivity index (χ3n) is 1.32. The lowest BCUT2D eigenvalue weighted by Gasteiger charge is -2.12. The molecule has 0 aromatic heterocycles. The first-order chi connectivity index (χ1) is 5.20. The lowest BCUT2D eigenvalue weighted by Crippen LogP contribution is -2.33. The van der Waals surface area contributed by atoms with E-state index in [2.05, 4.69) is 5.32 Å². The molecule has 1 N–H and O–H groups in total. The second-order valence-electron chi connectivity index (χ2n) is 2.37. The van der Waals surface area contributed by atoms with Crippen LogP contribution in [0, 0.1) is 0 Å². The van der Waals surface area contributed by atoms with Crippen LogP contribution < -0.4 is 5.32 Å². The number of hydrogen-bond acceptors (Lipinski definition) is 3. The summed E-state index contributed by atoms with van der Waals surface area (Å²) in [5, 5.41) is 2.50. The zero-order valence-electron chi connectivity index (χ0n) is 6.96. The van der Waals surface area contributed by atoms with E-state index in [4.69, 9.17) is 0 Å². The van der Waals surface area contributed by atoms with Gasteiger partial charge in [0.15, 0.2) is 0 Å². The fourth-order valence-electron chi connectivity index (χ4n) is 0.676. The summed E-state index contributed by atoms with van der Waals surface area (Å²) in [7, 11) is 3.40. The molecule has 4 nitrogen and oxygen atoms in total. The maximum atomic E-state index is 10.7. The molecule has 0 aromatic carbocycles. The first-order valence-corrected chi connectivity index (χ1v) is 3.53. The van der Waals surface area contributed by atoms with Gasteiger partial charge in [-0.15, -0.1) is 0 Å². The highest BCUT2D eigenvalue weighted by atomic mass is 16.1. The molecule has 0 saturated heterocycles. The standard InChI is InChI=1S/C7H14N2O2/c1-8-7(11)6-9(2)4-3-5-10/h5H,3-4,6H2,1-2H3,(H,8,11). The largest absolute Gasteiger partial charge is 0.358 e. The third-order valence-corrected chi connectivity index (χ3v) is 1.32. The quantitative estimate of drug-likeness (QED) is 0.536. The normalized spacial score (nSPS) is 9.73. The van der Waals surface area contributed by atoms with Crippen molar-refractivity contribution in [2.45, 2.75) is 6.42 Å². The molecule has 0 fully saturated rings. The molecule has 0 bridgehead atoms. The van der Waals surface area contributed by atoms with Gasteiger partial charge in [-0.3, -0.25) is 9.69 Å². The van der Waals surface area contributed by atoms with E-state index in [1.54, 1.807) is 19.0 Å². The molecule has 1 amide bonds. The number of aldehydes is 1. The van der Waals surface area contributed by atoms with Gasteiger partial charge in [-0.2, -0.15) is 0 Å². The molecule has 4 heteroatoms. The fraction of sp³-hybridized carbons (Fsp3) is 0.714. The highest BCUT2D eigenvalue weighted by molar-refractivity contribution is 5.77. The summed E-state index contributed by atoms with van der Waals surface area (Å²) >= 11 is 0.